The van der Waals surface area contributed by atoms with Gasteiger partial charge in [-0.3, -0.25) is 14.6 Å². The molecule has 0 aliphatic carbocycles. The number of nitrogens with zero attached hydrogens (tertiary/aromatic N) is 4. The quantitative estimate of drug-likeness (QED) is 0.380. The molecule has 10 heteroatoms. The van der Waals surface area contributed by atoms with Crippen molar-refractivity contribution < 1.29 is 13.6 Å². The second kappa shape index (κ2) is 12.6. The lowest BCUT2D eigenvalue weighted by Gasteiger charge is -2.38. The molecular formula is C26H34F2N6O2. The molecule has 0 aromatic carbocycles. The number of fused-ring (bicyclic) bond motifs is 1. The number of hydrogen-bond acceptors (Lipinski definition) is 7. The van der Waals surface area contributed by atoms with Crippen molar-refractivity contribution in [1.82, 2.24) is 25.2 Å². The number of H-pyrrole nitrogens is 1. The van der Waals surface area contributed by atoms with Crippen LogP contribution >= 0.6 is 0 Å². The Labute approximate surface area is 209 Å². The number of carbonyl (C=O) groups is 1. The second-order valence-corrected chi connectivity index (χ2v) is 9.07. The summed E-state index contributed by atoms with van der Waals surface area (Å²) in [5, 5.41) is 3.00. The Bertz CT molecular complexity index is 1230. The summed E-state index contributed by atoms with van der Waals surface area (Å²) in [5.74, 6) is -1.06. The summed E-state index contributed by atoms with van der Waals surface area (Å²) in [4.78, 5) is 38.2. The Morgan fingerprint density at radius 1 is 1.25 bits per heavy atom. The molecule has 1 aliphatic rings. The van der Waals surface area contributed by atoms with Crippen LogP contribution in [-0.4, -0.2) is 73.0 Å². The maximum Gasteiger partial charge on any atom is 0.257 e. The Hall–Kier alpha value is -3.24. The number of aldehydes is 1. The van der Waals surface area contributed by atoms with Gasteiger partial charge in [0.2, 0.25) is 5.95 Å². The highest BCUT2D eigenvalue weighted by Crippen LogP contribution is 2.26. The summed E-state index contributed by atoms with van der Waals surface area (Å²) in [6.07, 6.45) is 4.20. The zero-order chi connectivity index (χ0) is 26.2. The number of likely N-dealkylation sites (N-methyl/N-ethyl adjacent to an activating group) is 1. The lowest BCUT2D eigenvalue weighted by Crippen LogP contribution is -2.45. The first-order chi connectivity index (χ1) is 17.3. The van der Waals surface area contributed by atoms with Crippen LogP contribution in [-0.2, 0) is 0 Å². The molecule has 8 nitrogen and oxygen atoms in total. The Balaban J connectivity index is 0.00000115. The van der Waals surface area contributed by atoms with Crippen LogP contribution in [0.25, 0.3) is 10.9 Å². The summed E-state index contributed by atoms with van der Waals surface area (Å²) >= 11 is 0. The molecule has 0 spiro atoms. The Morgan fingerprint density at radius 3 is 2.56 bits per heavy atom. The topological polar surface area (TPSA) is 94.2 Å². The Kier molecular flexibility index (Phi) is 9.60. The van der Waals surface area contributed by atoms with E-state index < -0.39 is 11.8 Å². The van der Waals surface area contributed by atoms with Gasteiger partial charge in [0.25, 0.3) is 5.56 Å². The first-order valence-electron chi connectivity index (χ1n) is 12.1. The van der Waals surface area contributed by atoms with Crippen LogP contribution in [0.15, 0.2) is 35.3 Å². The van der Waals surface area contributed by atoms with Crippen molar-refractivity contribution in [3.05, 3.63) is 64.0 Å². The van der Waals surface area contributed by atoms with Gasteiger partial charge in [0, 0.05) is 37.3 Å². The van der Waals surface area contributed by atoms with Crippen LogP contribution < -0.4 is 15.8 Å². The SMILES string of the molecule is CCC(CN(C)C1CCN(c2ccc(C=O)nc2F)CC1)c1cc2ncc(F)cc2c(=O)[nH]1.CNC. The molecule has 1 atom stereocenters. The van der Waals surface area contributed by atoms with Crippen molar-refractivity contribution >= 4 is 22.9 Å². The standard InChI is InChI=1S/C24H27F2N5O2.C2H7N/c1-3-15(20-11-21-19(24(33)29-20)10-16(25)12-27-21)13-30(2)18-6-8-31(9-7-18)22-5-4-17(14-32)28-23(22)26;1-3-2/h4-5,10-12,14-15,18H,3,6-9,13H2,1-2H3,(H,29,33);3H,1-2H3. The molecule has 4 rings (SSSR count). The minimum absolute atomic E-state index is 0.0866. The molecule has 1 fully saturated rings. The minimum Gasteiger partial charge on any atom is -0.368 e. The molecule has 1 unspecified atom stereocenters. The monoisotopic (exact) mass is 500 g/mol. The maximum atomic E-state index is 14.3. The number of nitrogens with one attached hydrogen (secondary N) is 2. The van der Waals surface area contributed by atoms with E-state index in [-0.39, 0.29) is 22.6 Å². The van der Waals surface area contributed by atoms with Crippen molar-refractivity contribution in [3.8, 4) is 0 Å². The van der Waals surface area contributed by atoms with E-state index in [1.165, 1.54) is 12.1 Å². The summed E-state index contributed by atoms with van der Waals surface area (Å²) in [5.41, 5.74) is 1.46. The first-order valence-corrected chi connectivity index (χ1v) is 12.1. The molecule has 3 aromatic rings. The molecule has 1 aliphatic heterocycles. The van der Waals surface area contributed by atoms with Gasteiger partial charge < -0.3 is 20.1 Å². The number of pyridine rings is 3. The normalized spacial score (nSPS) is 15.0. The van der Waals surface area contributed by atoms with E-state index in [2.05, 4.69) is 39.1 Å². The number of piperidine rings is 1. The molecular weight excluding hydrogens is 466 g/mol. The van der Waals surface area contributed by atoms with Crippen molar-refractivity contribution in [2.45, 2.75) is 38.1 Å². The third kappa shape index (κ3) is 6.50. The van der Waals surface area contributed by atoms with E-state index in [9.17, 15) is 18.4 Å². The third-order valence-corrected chi connectivity index (χ3v) is 6.52. The van der Waals surface area contributed by atoms with E-state index in [1.807, 2.05) is 25.1 Å². The summed E-state index contributed by atoms with van der Waals surface area (Å²) < 4.78 is 27.7. The molecule has 0 radical (unpaired) electrons. The highest BCUT2D eigenvalue weighted by molar-refractivity contribution is 5.77. The van der Waals surface area contributed by atoms with Crippen LogP contribution in [0.2, 0.25) is 0 Å². The molecule has 3 aromatic heterocycles. The van der Waals surface area contributed by atoms with Crippen LogP contribution in [0.5, 0.6) is 0 Å². The highest BCUT2D eigenvalue weighted by atomic mass is 19.1. The number of halogens is 2. The number of aromatic nitrogens is 3. The van der Waals surface area contributed by atoms with E-state index in [1.54, 1.807) is 6.07 Å². The van der Waals surface area contributed by atoms with Gasteiger partial charge in [-0.1, -0.05) is 6.92 Å². The van der Waals surface area contributed by atoms with Gasteiger partial charge in [0.1, 0.15) is 11.5 Å². The van der Waals surface area contributed by atoms with Gasteiger partial charge >= 0.3 is 0 Å². The zero-order valence-corrected chi connectivity index (χ0v) is 21.2. The lowest BCUT2D eigenvalue weighted by atomic mass is 9.97. The molecule has 0 saturated carbocycles. The highest BCUT2D eigenvalue weighted by Gasteiger charge is 2.26. The maximum absolute atomic E-state index is 14.3. The number of carbonyl (C=O) groups excluding carboxylic acids is 1. The van der Waals surface area contributed by atoms with E-state index in [0.29, 0.717) is 36.6 Å². The Morgan fingerprint density at radius 2 is 1.94 bits per heavy atom. The summed E-state index contributed by atoms with van der Waals surface area (Å²) in [7, 11) is 5.82. The van der Waals surface area contributed by atoms with Gasteiger partial charge in [0.05, 0.1) is 22.8 Å². The van der Waals surface area contributed by atoms with Crippen LogP contribution in [0.1, 0.15) is 48.3 Å². The number of hydrogen-bond donors (Lipinski definition) is 2. The smallest absolute Gasteiger partial charge is 0.257 e. The molecule has 0 amide bonds. The van der Waals surface area contributed by atoms with Crippen molar-refractivity contribution in [2.75, 3.05) is 45.7 Å². The predicted octanol–water partition coefficient (Wildman–Crippen LogP) is 3.34. The average molecular weight is 501 g/mol. The number of rotatable bonds is 7. The van der Waals surface area contributed by atoms with Gasteiger partial charge in [0.15, 0.2) is 6.29 Å². The summed E-state index contributed by atoms with van der Waals surface area (Å²) in [6.45, 7) is 4.19. The van der Waals surface area contributed by atoms with Gasteiger partial charge in [-0.05, 0) is 64.7 Å². The second-order valence-electron chi connectivity index (χ2n) is 9.07. The lowest BCUT2D eigenvalue weighted by molar-refractivity contribution is 0.111. The number of anilines is 1. The first kappa shape index (κ1) is 27.3. The predicted molar refractivity (Wildman–Crippen MR) is 138 cm³/mol. The molecule has 36 heavy (non-hydrogen) atoms. The number of aromatic amines is 1. The fraction of sp³-hybridized carbons (Fsp3) is 0.462. The molecule has 4 heterocycles. The van der Waals surface area contributed by atoms with Crippen LogP contribution in [0.3, 0.4) is 0 Å². The van der Waals surface area contributed by atoms with Crippen LogP contribution in [0, 0.1) is 11.8 Å². The fourth-order valence-corrected chi connectivity index (χ4v) is 4.58. The van der Waals surface area contributed by atoms with Crippen molar-refractivity contribution in [3.63, 3.8) is 0 Å². The van der Waals surface area contributed by atoms with Gasteiger partial charge in [-0.15, -0.1) is 0 Å². The van der Waals surface area contributed by atoms with E-state index in [0.717, 1.165) is 37.7 Å². The van der Waals surface area contributed by atoms with Gasteiger partial charge in [-0.25, -0.2) is 9.37 Å². The molecule has 2 N–H and O–H groups in total. The average Bonchev–Trinajstić information content (AvgIpc) is 2.88. The molecule has 194 valence electrons. The molecule has 1 saturated heterocycles. The zero-order valence-electron chi connectivity index (χ0n) is 21.2. The van der Waals surface area contributed by atoms with E-state index >= 15 is 0 Å². The third-order valence-electron chi connectivity index (χ3n) is 6.52. The minimum atomic E-state index is -0.619. The largest absolute Gasteiger partial charge is 0.368 e. The van der Waals surface area contributed by atoms with Crippen molar-refractivity contribution in [1.29, 1.82) is 0 Å². The molecule has 0 bridgehead atoms. The fourth-order valence-electron chi connectivity index (χ4n) is 4.58. The van der Waals surface area contributed by atoms with Gasteiger partial charge in [-0.2, -0.15) is 4.39 Å². The van der Waals surface area contributed by atoms with Crippen LogP contribution in [0.4, 0.5) is 14.5 Å². The van der Waals surface area contributed by atoms with E-state index in [4.69, 9.17) is 0 Å². The summed E-state index contributed by atoms with van der Waals surface area (Å²) in [6, 6.07) is 6.50. The van der Waals surface area contributed by atoms with Crippen molar-refractivity contribution in [2.24, 2.45) is 0 Å².